The van der Waals surface area contributed by atoms with E-state index in [1.807, 2.05) is 24.3 Å². The molecule has 0 atom stereocenters. The number of methoxy groups -OCH3 is 1. The molecule has 0 bridgehead atoms. The summed E-state index contributed by atoms with van der Waals surface area (Å²) in [7, 11) is 1.65. The first kappa shape index (κ1) is 18.1. The van der Waals surface area contributed by atoms with Crippen LogP contribution in [0.15, 0.2) is 28.6 Å². The zero-order valence-corrected chi connectivity index (χ0v) is 15.5. The van der Waals surface area contributed by atoms with Gasteiger partial charge in [0.1, 0.15) is 5.75 Å². The average Bonchev–Trinajstić information content (AvgIpc) is 3.01. The number of carbonyl (C=O) groups excluding carboxylic acids is 1. The summed E-state index contributed by atoms with van der Waals surface area (Å²) in [5.74, 6) is 2.98. The predicted octanol–water partition coefficient (Wildman–Crippen LogP) is 3.92. The van der Waals surface area contributed by atoms with Crippen LogP contribution >= 0.6 is 34.9 Å². The predicted molar refractivity (Wildman–Crippen MR) is 98.7 cm³/mol. The normalized spacial score (nSPS) is 10.5. The second-order valence-corrected chi connectivity index (χ2v) is 7.92. The van der Waals surface area contributed by atoms with Crippen molar-refractivity contribution >= 4 is 45.9 Å². The molecule has 1 amide bonds. The monoisotopic (exact) mass is 369 g/mol. The number of amides is 1. The molecule has 1 aromatic heterocycles. The van der Waals surface area contributed by atoms with Crippen molar-refractivity contribution in [2.45, 2.75) is 23.4 Å². The molecular weight excluding hydrogens is 350 g/mol. The van der Waals surface area contributed by atoms with Gasteiger partial charge in [0.25, 0.3) is 0 Å². The summed E-state index contributed by atoms with van der Waals surface area (Å²) in [6, 6.07) is 7.86. The van der Waals surface area contributed by atoms with Gasteiger partial charge < -0.3 is 4.74 Å². The summed E-state index contributed by atoms with van der Waals surface area (Å²) in [6.45, 7) is 2.12. The van der Waals surface area contributed by atoms with Crippen molar-refractivity contribution in [1.82, 2.24) is 10.2 Å². The van der Waals surface area contributed by atoms with Crippen LogP contribution in [0.4, 0.5) is 5.13 Å². The highest BCUT2D eigenvalue weighted by Gasteiger charge is 2.08. The summed E-state index contributed by atoms with van der Waals surface area (Å²) in [5.41, 5.74) is 1.16. The highest BCUT2D eigenvalue weighted by Crippen LogP contribution is 2.26. The fourth-order valence-corrected chi connectivity index (χ4v) is 4.13. The first-order valence-electron chi connectivity index (χ1n) is 7.18. The van der Waals surface area contributed by atoms with Crippen molar-refractivity contribution in [2.75, 3.05) is 23.9 Å². The highest BCUT2D eigenvalue weighted by molar-refractivity contribution is 8.01. The molecular formula is C15H19N3O2S3. The van der Waals surface area contributed by atoms with Crippen LogP contribution in [0.2, 0.25) is 0 Å². The molecule has 0 aliphatic heterocycles. The van der Waals surface area contributed by atoms with Gasteiger partial charge in [0.05, 0.1) is 12.9 Å². The van der Waals surface area contributed by atoms with Gasteiger partial charge in [-0.15, -0.1) is 22.0 Å². The maximum Gasteiger partial charge on any atom is 0.236 e. The van der Waals surface area contributed by atoms with E-state index in [0.29, 0.717) is 10.9 Å². The third kappa shape index (κ3) is 6.40. The third-order valence-electron chi connectivity index (χ3n) is 2.74. The van der Waals surface area contributed by atoms with E-state index < -0.39 is 0 Å². The second-order valence-electron chi connectivity index (χ2n) is 4.61. The van der Waals surface area contributed by atoms with Crippen LogP contribution in [-0.4, -0.2) is 34.7 Å². The molecule has 124 valence electrons. The van der Waals surface area contributed by atoms with Crippen molar-refractivity contribution in [3.05, 3.63) is 29.8 Å². The summed E-state index contributed by atoms with van der Waals surface area (Å²) in [4.78, 5) is 11.9. The molecule has 1 N–H and O–H groups in total. The maximum atomic E-state index is 11.9. The van der Waals surface area contributed by atoms with Gasteiger partial charge in [-0.25, -0.2) is 0 Å². The van der Waals surface area contributed by atoms with Gasteiger partial charge in [0.15, 0.2) is 4.34 Å². The summed E-state index contributed by atoms with van der Waals surface area (Å²) in [6.07, 6.45) is 1.09. The standard InChI is InChI=1S/C15H19N3O2S3/c1-3-8-22-15-18-17-14(23-15)16-13(19)10-21-9-11-4-6-12(20-2)7-5-11/h4-7H,3,8-10H2,1-2H3,(H,16,17,19). The van der Waals surface area contributed by atoms with E-state index in [4.69, 9.17) is 4.74 Å². The Bertz CT molecular complexity index is 617. The van der Waals surface area contributed by atoms with E-state index in [9.17, 15) is 4.79 Å². The molecule has 2 aromatic rings. The number of carbonyl (C=O) groups is 1. The number of ether oxygens (including phenoxy) is 1. The fraction of sp³-hybridized carbons (Fsp3) is 0.400. The van der Waals surface area contributed by atoms with E-state index in [1.54, 1.807) is 30.6 Å². The molecule has 0 fully saturated rings. The molecule has 8 heteroatoms. The van der Waals surface area contributed by atoms with Crippen LogP contribution in [0.25, 0.3) is 0 Å². The first-order chi connectivity index (χ1) is 11.2. The van der Waals surface area contributed by atoms with Crippen molar-refractivity contribution in [1.29, 1.82) is 0 Å². The molecule has 5 nitrogen and oxygen atoms in total. The minimum Gasteiger partial charge on any atom is -0.497 e. The number of nitrogens with one attached hydrogen (secondary N) is 1. The van der Waals surface area contributed by atoms with Crippen LogP contribution in [0.1, 0.15) is 18.9 Å². The topological polar surface area (TPSA) is 64.1 Å². The molecule has 0 saturated carbocycles. The number of thioether (sulfide) groups is 2. The number of benzene rings is 1. The Hall–Kier alpha value is -1.25. The van der Waals surface area contributed by atoms with Crippen molar-refractivity contribution < 1.29 is 9.53 Å². The molecule has 2 rings (SSSR count). The maximum absolute atomic E-state index is 11.9. The molecule has 0 spiro atoms. The number of rotatable bonds is 9. The van der Waals surface area contributed by atoms with Gasteiger partial charge in [-0.3, -0.25) is 10.1 Å². The number of anilines is 1. The van der Waals surface area contributed by atoms with E-state index in [0.717, 1.165) is 33.6 Å². The summed E-state index contributed by atoms with van der Waals surface area (Å²) < 4.78 is 6.02. The zero-order chi connectivity index (χ0) is 16.5. The van der Waals surface area contributed by atoms with E-state index in [-0.39, 0.29) is 5.91 Å². The number of hydrogen-bond acceptors (Lipinski definition) is 7. The van der Waals surface area contributed by atoms with Gasteiger partial charge >= 0.3 is 0 Å². The molecule has 0 aliphatic rings. The molecule has 1 heterocycles. The summed E-state index contributed by atoms with van der Waals surface area (Å²) >= 11 is 4.65. The Kier molecular flexibility index (Phi) is 7.70. The zero-order valence-electron chi connectivity index (χ0n) is 13.1. The van der Waals surface area contributed by atoms with Crippen molar-refractivity contribution in [2.24, 2.45) is 0 Å². The van der Waals surface area contributed by atoms with Crippen LogP contribution in [0.5, 0.6) is 5.75 Å². The number of nitrogens with zero attached hydrogens (tertiary/aromatic N) is 2. The molecule has 1 aromatic carbocycles. The Morgan fingerprint density at radius 3 is 2.78 bits per heavy atom. The van der Waals surface area contributed by atoms with Gasteiger partial charge in [0.2, 0.25) is 11.0 Å². The lowest BCUT2D eigenvalue weighted by molar-refractivity contribution is -0.113. The van der Waals surface area contributed by atoms with Crippen molar-refractivity contribution in [3.8, 4) is 5.75 Å². The lowest BCUT2D eigenvalue weighted by Gasteiger charge is -2.03. The minimum absolute atomic E-state index is 0.0493. The van der Waals surface area contributed by atoms with E-state index in [1.165, 1.54) is 11.3 Å². The quantitative estimate of drug-likeness (QED) is 0.534. The second kappa shape index (κ2) is 9.79. The summed E-state index contributed by atoms with van der Waals surface area (Å²) in [5, 5.41) is 11.4. The van der Waals surface area contributed by atoms with Crippen molar-refractivity contribution in [3.63, 3.8) is 0 Å². The Labute approximate surface area is 148 Å². The lowest BCUT2D eigenvalue weighted by Crippen LogP contribution is -2.13. The third-order valence-corrected chi connectivity index (χ3v) is 5.93. The van der Waals surface area contributed by atoms with Crippen LogP contribution < -0.4 is 10.1 Å². The van der Waals surface area contributed by atoms with E-state index in [2.05, 4.69) is 22.4 Å². The minimum atomic E-state index is -0.0493. The molecule has 0 radical (unpaired) electrons. The van der Waals surface area contributed by atoms with Gasteiger partial charge in [-0.05, 0) is 24.1 Å². The average molecular weight is 370 g/mol. The molecule has 0 unspecified atom stereocenters. The first-order valence-corrected chi connectivity index (χ1v) is 10.1. The van der Waals surface area contributed by atoms with Crippen LogP contribution in [0, 0.1) is 0 Å². The number of aromatic nitrogens is 2. The Morgan fingerprint density at radius 2 is 2.09 bits per heavy atom. The Morgan fingerprint density at radius 1 is 1.30 bits per heavy atom. The van der Waals surface area contributed by atoms with Gasteiger partial charge in [-0.2, -0.15) is 0 Å². The largest absolute Gasteiger partial charge is 0.497 e. The van der Waals surface area contributed by atoms with Gasteiger partial charge in [-0.1, -0.05) is 42.2 Å². The smallest absolute Gasteiger partial charge is 0.236 e. The van der Waals surface area contributed by atoms with E-state index >= 15 is 0 Å². The van der Waals surface area contributed by atoms with Crippen LogP contribution in [0.3, 0.4) is 0 Å². The van der Waals surface area contributed by atoms with Crippen LogP contribution in [-0.2, 0) is 10.5 Å². The van der Waals surface area contributed by atoms with Gasteiger partial charge in [0, 0.05) is 11.5 Å². The number of hydrogen-bond donors (Lipinski definition) is 1. The lowest BCUT2D eigenvalue weighted by atomic mass is 10.2. The fourth-order valence-electron chi connectivity index (χ4n) is 1.65. The SMILES string of the molecule is CCCSc1nnc(NC(=O)CSCc2ccc(OC)cc2)s1. The molecule has 0 saturated heterocycles. The molecule has 23 heavy (non-hydrogen) atoms. The molecule has 0 aliphatic carbocycles. The Balaban J connectivity index is 1.71. The highest BCUT2D eigenvalue weighted by atomic mass is 32.2.